The predicted molar refractivity (Wildman–Crippen MR) is 81.6 cm³/mol. The molecule has 4 aliphatic rings. The van der Waals surface area contributed by atoms with Gasteiger partial charge < -0.3 is 19.3 Å². The molecule has 16 heteroatoms. The van der Waals surface area contributed by atoms with Crippen molar-refractivity contribution < 1.29 is 64.2 Å². The van der Waals surface area contributed by atoms with Crippen LogP contribution in [0.3, 0.4) is 0 Å². The molecule has 0 spiro atoms. The molecule has 4 aliphatic carbocycles. The highest BCUT2D eigenvalue weighted by molar-refractivity contribution is 7.96. The van der Waals surface area contributed by atoms with E-state index < -0.39 is 68.1 Å². The molecule has 30 heavy (non-hydrogen) atoms. The highest BCUT2D eigenvalue weighted by atomic mass is 32.2. The fraction of sp³-hybridized carbons (Fsp3) is 0.857. The normalized spacial score (nSPS) is 33.4. The van der Waals surface area contributed by atoms with Gasteiger partial charge in [-0.05, 0) is 38.0 Å². The van der Waals surface area contributed by atoms with E-state index in [9.17, 15) is 45.4 Å². The summed E-state index contributed by atoms with van der Waals surface area (Å²) in [6.07, 6.45) is -0.438. The van der Waals surface area contributed by atoms with Gasteiger partial charge in [0, 0.05) is 11.8 Å². The molecule has 0 N–H and O–H groups in total. The molecule has 4 fully saturated rings. The van der Waals surface area contributed by atoms with Crippen LogP contribution in [0.25, 0.3) is 0 Å². The minimum Gasteiger partial charge on any atom is -0.743 e. The van der Waals surface area contributed by atoms with Gasteiger partial charge in [-0.1, -0.05) is 0 Å². The molecule has 4 saturated carbocycles. The van der Waals surface area contributed by atoms with E-state index in [0.29, 0.717) is 12.8 Å². The van der Waals surface area contributed by atoms with Crippen molar-refractivity contribution in [3.05, 3.63) is 0 Å². The lowest BCUT2D eigenvalue weighted by Crippen LogP contribution is -2.60. The van der Waals surface area contributed by atoms with Crippen LogP contribution in [-0.4, -0.2) is 47.1 Å². The van der Waals surface area contributed by atoms with Crippen molar-refractivity contribution in [1.29, 1.82) is 0 Å². The van der Waals surface area contributed by atoms with Crippen LogP contribution in [-0.2, 0) is 38.6 Å². The summed E-state index contributed by atoms with van der Waals surface area (Å²) in [5.41, 5.74) is -1.51. The molecule has 2 unspecified atom stereocenters. The average molecular weight is 482 g/mol. The van der Waals surface area contributed by atoms with Crippen LogP contribution in [0.5, 0.6) is 0 Å². The largest absolute Gasteiger partial charge is 0.743 e. The summed E-state index contributed by atoms with van der Waals surface area (Å²) in [7, 11) is -6.29. The second-order valence-corrected chi connectivity index (χ2v) is 9.86. The van der Waals surface area contributed by atoms with E-state index in [1.54, 1.807) is 0 Å². The zero-order valence-electron chi connectivity index (χ0n) is 14.8. The van der Waals surface area contributed by atoms with Gasteiger partial charge in [-0.3, -0.25) is 5.04 Å². The van der Waals surface area contributed by atoms with Crippen LogP contribution >= 0.6 is 12.0 Å². The van der Waals surface area contributed by atoms with Crippen LogP contribution < -0.4 is 5.26 Å². The van der Waals surface area contributed by atoms with Gasteiger partial charge in [-0.2, -0.15) is 21.9 Å². The number of esters is 2. The molecule has 0 heterocycles. The third-order valence-electron chi connectivity index (χ3n) is 5.64. The first kappa shape index (κ1) is 23.5. The average Bonchev–Trinajstić information content (AvgIpc) is 2.60. The summed E-state index contributed by atoms with van der Waals surface area (Å²) in [6.45, 7) is 0. The Morgan fingerprint density at radius 1 is 1.03 bits per heavy atom. The molecule has 4 bridgehead atoms. The quantitative estimate of drug-likeness (QED) is 0.120. The monoisotopic (exact) mass is 482 g/mol. The third kappa shape index (κ3) is 4.25. The summed E-state index contributed by atoms with van der Waals surface area (Å²) < 4.78 is 99.3. The zero-order chi connectivity index (χ0) is 22.5. The topological polar surface area (TPSA) is 151 Å². The molecule has 0 amide bonds. The van der Waals surface area contributed by atoms with E-state index in [1.807, 2.05) is 0 Å². The Balaban J connectivity index is 1.71. The van der Waals surface area contributed by atoms with E-state index >= 15 is 0 Å². The number of rotatable bonds is 8. The maximum atomic E-state index is 13.6. The molecule has 4 rings (SSSR count). The second kappa shape index (κ2) is 7.74. The van der Waals surface area contributed by atoms with Gasteiger partial charge in [0.2, 0.25) is 0 Å². The Morgan fingerprint density at radius 2 is 1.60 bits per heavy atom. The Kier molecular flexibility index (Phi) is 6.05. The van der Waals surface area contributed by atoms with Gasteiger partial charge >= 0.3 is 22.4 Å². The van der Waals surface area contributed by atoms with Crippen LogP contribution in [0, 0.1) is 17.8 Å². The number of carbonyl (C=O) groups excluding carboxylic acids is 2. The minimum atomic E-state index is -6.29. The fourth-order valence-electron chi connectivity index (χ4n) is 4.86. The molecule has 0 aliphatic heterocycles. The summed E-state index contributed by atoms with van der Waals surface area (Å²) in [5, 5.41) is 2.90. The van der Waals surface area contributed by atoms with Crippen molar-refractivity contribution in [2.75, 3.05) is 0 Å². The summed E-state index contributed by atoms with van der Waals surface area (Å²) in [6, 6.07) is 0. The molecule has 0 aromatic heterocycles. The van der Waals surface area contributed by atoms with Gasteiger partial charge in [-0.25, -0.2) is 18.0 Å². The summed E-state index contributed by atoms with van der Waals surface area (Å²) >= 11 is -0.856. The fourth-order valence-corrected chi connectivity index (χ4v) is 5.34. The number of alkyl halides is 4. The van der Waals surface area contributed by atoms with Gasteiger partial charge in [0.15, 0.2) is 10.1 Å². The zero-order valence-corrected chi connectivity index (χ0v) is 16.4. The number of hydrogen-bond acceptors (Lipinski definition) is 11. The van der Waals surface area contributed by atoms with Gasteiger partial charge in [0.25, 0.3) is 0 Å². The maximum absolute atomic E-state index is 13.6. The van der Waals surface area contributed by atoms with Crippen molar-refractivity contribution in [3.8, 4) is 0 Å². The highest BCUT2D eigenvalue weighted by Crippen LogP contribution is 2.58. The number of hydrogen-bond donors (Lipinski definition) is 0. The van der Waals surface area contributed by atoms with Crippen LogP contribution in [0.15, 0.2) is 0 Å². The molecule has 0 saturated heterocycles. The summed E-state index contributed by atoms with van der Waals surface area (Å²) in [4.78, 5) is 23.4. The lowest BCUT2D eigenvalue weighted by molar-refractivity contribution is -0.777. The van der Waals surface area contributed by atoms with E-state index in [2.05, 4.69) is 9.37 Å². The van der Waals surface area contributed by atoms with Crippen molar-refractivity contribution in [2.24, 2.45) is 17.8 Å². The Morgan fingerprint density at radius 3 is 2.10 bits per heavy atom. The smallest absolute Gasteiger partial charge is 0.428 e. The number of ether oxygens (including phenoxy) is 2. The Bertz CT molecular complexity index is 804. The van der Waals surface area contributed by atoms with Gasteiger partial charge in [0.05, 0.1) is 0 Å². The van der Waals surface area contributed by atoms with Crippen molar-refractivity contribution in [1.82, 2.24) is 0 Å². The van der Waals surface area contributed by atoms with Gasteiger partial charge in [0.1, 0.15) is 23.7 Å². The van der Waals surface area contributed by atoms with Crippen LogP contribution in [0.1, 0.15) is 32.1 Å². The first-order valence-electron chi connectivity index (χ1n) is 8.51. The maximum Gasteiger partial charge on any atom is 0.428 e. The van der Waals surface area contributed by atoms with Crippen molar-refractivity contribution in [2.45, 2.75) is 54.3 Å². The number of carbonyl (C=O) groups is 2. The van der Waals surface area contributed by atoms with E-state index in [-0.39, 0.29) is 25.2 Å². The summed E-state index contributed by atoms with van der Waals surface area (Å²) in [5.74, 6) is -5.90. The van der Waals surface area contributed by atoms with E-state index in [4.69, 9.17) is 9.47 Å². The molecule has 0 radical (unpaired) electrons. The third-order valence-corrected chi connectivity index (χ3v) is 6.93. The van der Waals surface area contributed by atoms with E-state index in [0.717, 1.165) is 0 Å². The Hall–Kier alpha value is -1.20. The van der Waals surface area contributed by atoms with Gasteiger partial charge in [-0.15, -0.1) is 0 Å². The predicted octanol–water partition coefficient (Wildman–Crippen LogP) is 0.623. The molecule has 172 valence electrons. The molecular weight excluding hydrogens is 468 g/mol. The molecule has 0 aromatic rings. The molecule has 10 nitrogen and oxygen atoms in total. The second-order valence-electron chi connectivity index (χ2n) is 7.62. The minimum absolute atomic E-state index is 0.127. The van der Waals surface area contributed by atoms with E-state index in [1.165, 1.54) is 0 Å². The highest BCUT2D eigenvalue weighted by Gasteiger charge is 2.61. The molecule has 0 aromatic carbocycles. The number of halogens is 4. The van der Waals surface area contributed by atoms with Crippen LogP contribution in [0.2, 0.25) is 0 Å². The van der Waals surface area contributed by atoms with Crippen molar-refractivity contribution in [3.63, 3.8) is 0 Å². The molecule has 2 atom stereocenters. The standard InChI is InChI=1S/C14H16F4O10S2/c15-13(16,29-28-27-21)10(19)25-9-7-1-6-2-8(9)5-12(3-6,4-7)26-11(20)14(17,18)30(22,23)24/h6-9,21H,1-5H2,(H,22,23,24)/p-2. The Labute approximate surface area is 171 Å². The first-order valence-corrected chi connectivity index (χ1v) is 10.7. The van der Waals surface area contributed by atoms with Crippen LogP contribution in [0.4, 0.5) is 17.6 Å². The lowest BCUT2D eigenvalue weighted by Gasteiger charge is -2.58. The van der Waals surface area contributed by atoms with Crippen molar-refractivity contribution >= 4 is 34.1 Å². The molecular formula is C14H14F4O10S2-2. The SMILES string of the molecule is O=C(OC1C2CC3CC1CC(OC(=O)C(F)(F)S(=O)(=O)[O-])(C3)C2)C(F)(F)SOO[O-]. The lowest BCUT2D eigenvalue weighted by atomic mass is 9.53. The first-order chi connectivity index (χ1) is 13.7.